The fourth-order valence-corrected chi connectivity index (χ4v) is 2.81. The Kier molecular flexibility index (Phi) is 4.13. The Bertz CT molecular complexity index is 465. The average molecular weight is 262 g/mol. The zero-order valence-electron chi connectivity index (χ0n) is 11.8. The third-order valence-corrected chi connectivity index (χ3v) is 4.00. The highest BCUT2D eigenvalue weighted by Crippen LogP contribution is 2.41. The van der Waals surface area contributed by atoms with Gasteiger partial charge in [0.2, 0.25) is 0 Å². The smallest absolute Gasteiger partial charge is 0.306 e. The number of hydrogen-bond donors (Lipinski definition) is 1. The summed E-state index contributed by atoms with van der Waals surface area (Å²) in [5.41, 5.74) is 2.25. The van der Waals surface area contributed by atoms with Crippen molar-refractivity contribution in [2.75, 3.05) is 6.61 Å². The van der Waals surface area contributed by atoms with E-state index < -0.39 is 5.97 Å². The normalized spacial score (nSPS) is 20.3. The molecule has 0 bridgehead atoms. The largest absolute Gasteiger partial charge is 0.493 e. The summed E-state index contributed by atoms with van der Waals surface area (Å²) in [5, 5.41) is 9.29. The predicted molar refractivity (Wildman–Crippen MR) is 74.8 cm³/mol. The van der Waals surface area contributed by atoms with E-state index in [1.54, 1.807) is 6.92 Å². The molecule has 1 aromatic rings. The van der Waals surface area contributed by atoms with Crippen LogP contribution in [-0.4, -0.2) is 17.7 Å². The van der Waals surface area contributed by atoms with Crippen LogP contribution in [0.15, 0.2) is 18.2 Å². The number of para-hydroxylation sites is 1. The zero-order chi connectivity index (χ0) is 14.0. The molecule has 1 aliphatic heterocycles. The zero-order valence-corrected chi connectivity index (χ0v) is 11.8. The molecule has 2 rings (SSSR count). The summed E-state index contributed by atoms with van der Waals surface area (Å²) in [6.45, 7) is 6.75. The fourth-order valence-electron chi connectivity index (χ4n) is 2.81. The van der Waals surface area contributed by atoms with Gasteiger partial charge in [-0.1, -0.05) is 39.0 Å². The minimum absolute atomic E-state index is 0.0497. The third kappa shape index (κ3) is 2.75. The van der Waals surface area contributed by atoms with Gasteiger partial charge in [-0.15, -0.1) is 0 Å². The van der Waals surface area contributed by atoms with Crippen LogP contribution in [0.5, 0.6) is 5.75 Å². The minimum Gasteiger partial charge on any atom is -0.493 e. The van der Waals surface area contributed by atoms with Crippen LogP contribution in [0.25, 0.3) is 0 Å². The molecule has 0 radical (unpaired) electrons. The van der Waals surface area contributed by atoms with Crippen molar-refractivity contribution >= 4 is 5.97 Å². The van der Waals surface area contributed by atoms with Crippen molar-refractivity contribution in [3.8, 4) is 5.75 Å². The van der Waals surface area contributed by atoms with Gasteiger partial charge in [0, 0.05) is 5.92 Å². The quantitative estimate of drug-likeness (QED) is 0.901. The van der Waals surface area contributed by atoms with Gasteiger partial charge < -0.3 is 9.84 Å². The highest BCUT2D eigenvalue weighted by atomic mass is 16.5. The summed E-state index contributed by atoms with van der Waals surface area (Å²) in [4.78, 5) is 11.3. The van der Waals surface area contributed by atoms with E-state index in [0.29, 0.717) is 12.5 Å². The van der Waals surface area contributed by atoms with E-state index >= 15 is 0 Å². The Morgan fingerprint density at radius 2 is 2.11 bits per heavy atom. The van der Waals surface area contributed by atoms with Gasteiger partial charge in [0.25, 0.3) is 0 Å². The number of hydrogen-bond acceptors (Lipinski definition) is 2. The van der Waals surface area contributed by atoms with Crippen molar-refractivity contribution in [3.05, 3.63) is 29.3 Å². The molecule has 0 saturated carbocycles. The van der Waals surface area contributed by atoms with Gasteiger partial charge in [0.1, 0.15) is 5.75 Å². The molecule has 104 valence electrons. The first-order chi connectivity index (χ1) is 9.02. The summed E-state index contributed by atoms with van der Waals surface area (Å²) in [5.74, 6) is 0.256. The molecule has 1 aromatic carbocycles. The number of benzene rings is 1. The maximum absolute atomic E-state index is 11.3. The maximum atomic E-state index is 11.3. The highest BCUT2D eigenvalue weighted by Gasteiger charge is 2.30. The van der Waals surface area contributed by atoms with E-state index in [1.807, 2.05) is 12.1 Å². The average Bonchev–Trinajstić information content (AvgIpc) is 2.59. The second-order valence-corrected chi connectivity index (χ2v) is 5.64. The molecule has 1 N–H and O–H groups in total. The summed E-state index contributed by atoms with van der Waals surface area (Å²) >= 11 is 0. The number of carbonyl (C=O) groups is 1. The van der Waals surface area contributed by atoms with Gasteiger partial charge in [-0.05, 0) is 29.9 Å². The van der Waals surface area contributed by atoms with Gasteiger partial charge in [0.15, 0.2) is 0 Å². The lowest BCUT2D eigenvalue weighted by atomic mass is 9.82. The monoisotopic (exact) mass is 262 g/mol. The van der Waals surface area contributed by atoms with E-state index in [1.165, 1.54) is 5.56 Å². The highest BCUT2D eigenvalue weighted by molar-refractivity contribution is 5.71. The van der Waals surface area contributed by atoms with Crippen LogP contribution in [-0.2, 0) is 4.79 Å². The fraction of sp³-hybridized carbons (Fsp3) is 0.562. The molecule has 1 aliphatic rings. The van der Waals surface area contributed by atoms with Crippen molar-refractivity contribution in [3.63, 3.8) is 0 Å². The molecule has 3 nitrogen and oxygen atoms in total. The van der Waals surface area contributed by atoms with Crippen LogP contribution in [0, 0.1) is 5.92 Å². The van der Waals surface area contributed by atoms with Gasteiger partial charge in [-0.3, -0.25) is 4.79 Å². The topological polar surface area (TPSA) is 46.5 Å². The van der Waals surface area contributed by atoms with Crippen molar-refractivity contribution < 1.29 is 14.6 Å². The second kappa shape index (κ2) is 5.64. The molecular formula is C16H22O3. The first-order valence-electron chi connectivity index (χ1n) is 7.00. The molecule has 19 heavy (non-hydrogen) atoms. The van der Waals surface area contributed by atoms with Crippen LogP contribution < -0.4 is 4.74 Å². The minimum atomic E-state index is -0.729. The Labute approximate surface area is 114 Å². The third-order valence-electron chi connectivity index (χ3n) is 4.00. The number of fused-ring (bicyclic) bond motifs is 1. The molecule has 0 amide bonds. The number of carboxylic acids is 1. The number of aliphatic carboxylic acids is 1. The van der Waals surface area contributed by atoms with Gasteiger partial charge in [-0.25, -0.2) is 0 Å². The summed E-state index contributed by atoms with van der Waals surface area (Å²) in [6, 6.07) is 6.12. The summed E-state index contributed by atoms with van der Waals surface area (Å²) in [7, 11) is 0. The molecule has 0 aromatic heterocycles. The summed E-state index contributed by atoms with van der Waals surface area (Å²) in [6.07, 6.45) is 1.79. The van der Waals surface area contributed by atoms with Gasteiger partial charge in [0.05, 0.1) is 12.5 Å². The van der Waals surface area contributed by atoms with Crippen molar-refractivity contribution in [1.29, 1.82) is 0 Å². The molecule has 2 atom stereocenters. The molecule has 0 fully saturated rings. The first kappa shape index (κ1) is 13.9. The number of carboxylic acid groups (broad SMARTS) is 1. The van der Waals surface area contributed by atoms with Crippen LogP contribution in [0.4, 0.5) is 0 Å². The van der Waals surface area contributed by atoms with E-state index in [-0.39, 0.29) is 11.8 Å². The molecular weight excluding hydrogens is 240 g/mol. The van der Waals surface area contributed by atoms with Crippen LogP contribution in [0.3, 0.4) is 0 Å². The van der Waals surface area contributed by atoms with Gasteiger partial charge in [-0.2, -0.15) is 0 Å². The number of rotatable bonds is 3. The van der Waals surface area contributed by atoms with Gasteiger partial charge >= 0.3 is 5.97 Å². The van der Waals surface area contributed by atoms with Crippen molar-refractivity contribution in [1.82, 2.24) is 0 Å². The summed E-state index contributed by atoms with van der Waals surface area (Å²) < 4.78 is 5.91. The molecule has 0 aliphatic carbocycles. The maximum Gasteiger partial charge on any atom is 0.306 e. The lowest BCUT2D eigenvalue weighted by Crippen LogP contribution is -2.19. The van der Waals surface area contributed by atoms with Crippen LogP contribution >= 0.6 is 0 Å². The first-order valence-corrected chi connectivity index (χ1v) is 7.00. The SMILES string of the molecule is CC(C)c1cccc2c1OCCCC2C(C)C(=O)O. The molecule has 0 spiro atoms. The van der Waals surface area contributed by atoms with E-state index in [4.69, 9.17) is 4.74 Å². The van der Waals surface area contributed by atoms with Crippen molar-refractivity contribution in [2.24, 2.45) is 5.92 Å². The molecule has 0 saturated heterocycles. The Balaban J connectivity index is 2.48. The van der Waals surface area contributed by atoms with E-state index in [9.17, 15) is 9.90 Å². The standard InChI is InChI=1S/C16H22O3/c1-10(2)12-6-4-7-14-13(11(3)16(17)18)8-5-9-19-15(12)14/h4,6-7,10-11,13H,5,8-9H2,1-3H3,(H,17,18). The van der Waals surface area contributed by atoms with Crippen LogP contribution in [0.1, 0.15) is 56.6 Å². The van der Waals surface area contributed by atoms with E-state index in [0.717, 1.165) is 24.2 Å². The van der Waals surface area contributed by atoms with Crippen molar-refractivity contribution in [2.45, 2.75) is 45.4 Å². The Morgan fingerprint density at radius 1 is 1.37 bits per heavy atom. The number of ether oxygens (including phenoxy) is 1. The second-order valence-electron chi connectivity index (χ2n) is 5.64. The van der Waals surface area contributed by atoms with E-state index in [2.05, 4.69) is 19.9 Å². The predicted octanol–water partition coefficient (Wildman–Crippen LogP) is 3.79. The lowest BCUT2D eigenvalue weighted by molar-refractivity contribution is -0.141. The Hall–Kier alpha value is -1.51. The lowest BCUT2D eigenvalue weighted by Gasteiger charge is -2.22. The molecule has 2 unspecified atom stereocenters. The Morgan fingerprint density at radius 3 is 2.74 bits per heavy atom. The molecule has 1 heterocycles. The molecule has 3 heteroatoms. The van der Waals surface area contributed by atoms with Crippen LogP contribution in [0.2, 0.25) is 0 Å².